The second-order valence-electron chi connectivity index (χ2n) is 4.75. The smallest absolute Gasteiger partial charge is 0.279 e. The van der Waals surface area contributed by atoms with Crippen LogP contribution < -0.4 is 11.2 Å². The summed E-state index contributed by atoms with van der Waals surface area (Å²) < 4.78 is 2.30. The molecule has 6 heteroatoms. The van der Waals surface area contributed by atoms with Crippen molar-refractivity contribution >= 4 is 11.2 Å². The molecule has 0 atom stereocenters. The minimum absolute atomic E-state index is 0.129. The van der Waals surface area contributed by atoms with Crippen molar-refractivity contribution < 1.29 is 0 Å². The van der Waals surface area contributed by atoms with E-state index < -0.39 is 11.2 Å². The van der Waals surface area contributed by atoms with E-state index in [-0.39, 0.29) is 11.2 Å². The molecule has 0 fully saturated rings. The van der Waals surface area contributed by atoms with Gasteiger partial charge in [-0.3, -0.25) is 13.9 Å². The van der Waals surface area contributed by atoms with Crippen LogP contribution in [0.5, 0.6) is 0 Å². The van der Waals surface area contributed by atoms with Gasteiger partial charge in [0, 0.05) is 19.7 Å². The molecule has 0 saturated heterocycles. The number of hydrogen-bond acceptors (Lipinski definition) is 4. The van der Waals surface area contributed by atoms with E-state index in [2.05, 4.69) is 21.8 Å². The van der Waals surface area contributed by atoms with Crippen molar-refractivity contribution in [3.05, 3.63) is 68.6 Å². The number of nitrogens with zero attached hydrogens (tertiary/aromatic N) is 4. The highest BCUT2D eigenvalue weighted by Gasteiger charge is 2.10. The molecule has 0 bridgehead atoms. The van der Waals surface area contributed by atoms with Gasteiger partial charge in [0.15, 0.2) is 11.2 Å². The Hall–Kier alpha value is -3.20. The number of benzene rings is 1. The molecular formula is C16H12N4O2. The van der Waals surface area contributed by atoms with E-state index >= 15 is 0 Å². The van der Waals surface area contributed by atoms with E-state index in [1.54, 1.807) is 7.05 Å². The quantitative estimate of drug-likeness (QED) is 0.563. The van der Waals surface area contributed by atoms with Crippen molar-refractivity contribution in [1.82, 2.24) is 19.1 Å². The maximum atomic E-state index is 12.1. The molecular weight excluding hydrogens is 280 g/mol. The van der Waals surface area contributed by atoms with Crippen molar-refractivity contribution in [2.75, 3.05) is 0 Å². The lowest BCUT2D eigenvalue weighted by Crippen LogP contribution is -2.37. The lowest BCUT2D eigenvalue weighted by atomic mass is 10.2. The third-order valence-corrected chi connectivity index (χ3v) is 3.26. The lowest BCUT2D eigenvalue weighted by Gasteiger charge is -2.05. The third kappa shape index (κ3) is 2.29. The molecule has 0 amide bonds. The van der Waals surface area contributed by atoms with E-state index in [4.69, 9.17) is 0 Å². The van der Waals surface area contributed by atoms with Gasteiger partial charge in [-0.2, -0.15) is 0 Å². The molecule has 0 spiro atoms. The summed E-state index contributed by atoms with van der Waals surface area (Å²) in [5, 5.41) is 0. The van der Waals surface area contributed by atoms with Crippen LogP contribution in [0.3, 0.4) is 0 Å². The highest BCUT2D eigenvalue weighted by Crippen LogP contribution is 2.02. The molecule has 2 aromatic heterocycles. The Balaban J connectivity index is 2.18. The van der Waals surface area contributed by atoms with Crippen molar-refractivity contribution in [1.29, 1.82) is 0 Å². The van der Waals surface area contributed by atoms with Gasteiger partial charge in [0.25, 0.3) is 5.56 Å². The molecule has 0 aliphatic heterocycles. The van der Waals surface area contributed by atoms with Gasteiger partial charge in [0.2, 0.25) is 0 Å². The number of aromatic nitrogens is 4. The van der Waals surface area contributed by atoms with Crippen LogP contribution in [0.25, 0.3) is 11.2 Å². The summed E-state index contributed by atoms with van der Waals surface area (Å²) in [6.45, 7) is 0. The zero-order valence-electron chi connectivity index (χ0n) is 12.1. The molecule has 3 rings (SSSR count). The number of hydrogen-bond donors (Lipinski definition) is 0. The normalized spacial score (nSPS) is 10.3. The molecule has 0 radical (unpaired) electrons. The Morgan fingerprint density at radius 3 is 2.45 bits per heavy atom. The predicted molar refractivity (Wildman–Crippen MR) is 82.4 cm³/mol. The molecule has 0 aliphatic rings. The molecule has 0 N–H and O–H groups in total. The van der Waals surface area contributed by atoms with Gasteiger partial charge in [0.05, 0.1) is 6.20 Å². The molecule has 22 heavy (non-hydrogen) atoms. The summed E-state index contributed by atoms with van der Waals surface area (Å²) in [5.74, 6) is 5.83. The first-order valence-corrected chi connectivity index (χ1v) is 6.58. The van der Waals surface area contributed by atoms with Crippen LogP contribution in [-0.2, 0) is 14.1 Å². The summed E-state index contributed by atoms with van der Waals surface area (Å²) in [5.41, 5.74) is 0.691. The van der Waals surface area contributed by atoms with Crippen LogP contribution in [0.4, 0.5) is 0 Å². The van der Waals surface area contributed by atoms with E-state index in [1.807, 2.05) is 30.3 Å². The van der Waals surface area contributed by atoms with Gasteiger partial charge in [-0.15, -0.1) is 0 Å². The van der Waals surface area contributed by atoms with E-state index in [1.165, 1.54) is 17.8 Å². The van der Waals surface area contributed by atoms with Gasteiger partial charge in [-0.1, -0.05) is 24.1 Å². The molecule has 0 aliphatic carbocycles. The largest absolute Gasteiger partial charge is 0.332 e. The minimum atomic E-state index is -0.478. The monoisotopic (exact) mass is 292 g/mol. The molecule has 0 unspecified atom stereocenters. The fraction of sp³-hybridized carbons (Fsp3) is 0.125. The molecule has 108 valence electrons. The summed E-state index contributed by atoms with van der Waals surface area (Å²) in [6.07, 6.45) is 1.46. The van der Waals surface area contributed by atoms with Gasteiger partial charge in [0.1, 0.15) is 5.69 Å². The van der Waals surface area contributed by atoms with Gasteiger partial charge < -0.3 is 0 Å². The highest BCUT2D eigenvalue weighted by atomic mass is 16.2. The van der Waals surface area contributed by atoms with E-state index in [9.17, 15) is 9.59 Å². The Bertz CT molecular complexity index is 1040. The SMILES string of the molecule is Cn1c(=O)c2nc(C#Cc3ccccc3)cnc2n(C)c1=O. The molecule has 0 saturated carbocycles. The van der Waals surface area contributed by atoms with Crippen LogP contribution in [0, 0.1) is 11.8 Å². The second-order valence-corrected chi connectivity index (χ2v) is 4.75. The Kier molecular flexibility index (Phi) is 3.31. The predicted octanol–water partition coefficient (Wildman–Crippen LogP) is 0.427. The Labute approximate surface area is 125 Å². The first-order valence-electron chi connectivity index (χ1n) is 6.58. The molecule has 6 nitrogen and oxygen atoms in total. The Morgan fingerprint density at radius 1 is 1.00 bits per heavy atom. The van der Waals surface area contributed by atoms with Crippen LogP contribution in [0.15, 0.2) is 46.1 Å². The average molecular weight is 292 g/mol. The standard InChI is InChI=1S/C16H12N4O2/c1-19-14-13(15(21)20(2)16(19)22)18-12(10-17-14)9-8-11-6-4-3-5-7-11/h3-7,10H,1-2H3. The molecule has 3 aromatic rings. The maximum Gasteiger partial charge on any atom is 0.332 e. The van der Waals surface area contributed by atoms with Gasteiger partial charge in [-0.25, -0.2) is 14.8 Å². The van der Waals surface area contributed by atoms with Crippen LogP contribution in [0.2, 0.25) is 0 Å². The fourth-order valence-corrected chi connectivity index (χ4v) is 2.05. The van der Waals surface area contributed by atoms with Crippen LogP contribution in [0.1, 0.15) is 11.3 Å². The third-order valence-electron chi connectivity index (χ3n) is 3.26. The highest BCUT2D eigenvalue weighted by molar-refractivity contribution is 5.69. The lowest BCUT2D eigenvalue weighted by molar-refractivity contribution is 0.704. The second kappa shape index (κ2) is 5.30. The summed E-state index contributed by atoms with van der Waals surface area (Å²) in [7, 11) is 2.96. The first kappa shape index (κ1) is 13.8. The number of rotatable bonds is 0. The maximum absolute atomic E-state index is 12.1. The fourth-order valence-electron chi connectivity index (χ4n) is 2.05. The zero-order chi connectivity index (χ0) is 15.7. The van der Waals surface area contributed by atoms with E-state index in [0.29, 0.717) is 5.69 Å². The first-order chi connectivity index (χ1) is 10.6. The summed E-state index contributed by atoms with van der Waals surface area (Å²) >= 11 is 0. The average Bonchev–Trinajstić information content (AvgIpc) is 2.57. The van der Waals surface area contributed by atoms with Crippen molar-refractivity contribution in [3.63, 3.8) is 0 Å². The molecule has 1 aromatic carbocycles. The minimum Gasteiger partial charge on any atom is -0.279 e. The summed E-state index contributed by atoms with van der Waals surface area (Å²) in [4.78, 5) is 32.3. The van der Waals surface area contributed by atoms with Gasteiger partial charge >= 0.3 is 5.69 Å². The topological polar surface area (TPSA) is 69.8 Å². The molecule has 2 heterocycles. The van der Waals surface area contributed by atoms with Crippen molar-refractivity contribution in [2.24, 2.45) is 14.1 Å². The van der Waals surface area contributed by atoms with Crippen molar-refractivity contribution in [2.45, 2.75) is 0 Å². The van der Waals surface area contributed by atoms with Crippen LogP contribution >= 0.6 is 0 Å². The van der Waals surface area contributed by atoms with Crippen LogP contribution in [-0.4, -0.2) is 19.1 Å². The number of aryl methyl sites for hydroxylation is 1. The van der Waals surface area contributed by atoms with Crippen molar-refractivity contribution in [3.8, 4) is 11.8 Å². The van der Waals surface area contributed by atoms with E-state index in [0.717, 1.165) is 10.1 Å². The zero-order valence-corrected chi connectivity index (χ0v) is 12.1. The summed E-state index contributed by atoms with van der Waals surface area (Å²) in [6, 6.07) is 9.45. The van der Waals surface area contributed by atoms with Gasteiger partial charge in [-0.05, 0) is 18.1 Å². The number of fused-ring (bicyclic) bond motifs is 1. The Morgan fingerprint density at radius 2 is 1.73 bits per heavy atom.